The first-order chi connectivity index (χ1) is 9.76. The summed E-state index contributed by atoms with van der Waals surface area (Å²) in [6.07, 6.45) is 4.36. The summed E-state index contributed by atoms with van der Waals surface area (Å²) in [5, 5.41) is 0. The fourth-order valence-corrected chi connectivity index (χ4v) is 3.98. The van der Waals surface area contributed by atoms with Crippen LogP contribution in [0.3, 0.4) is 0 Å². The number of unbranched alkanes of at least 4 members (excludes halogenated alkanes) is 1. The number of ether oxygens (including phenoxy) is 2. The fraction of sp³-hybridized carbons (Fsp3) is 0.857. The van der Waals surface area contributed by atoms with Gasteiger partial charge in [-0.15, -0.1) is 0 Å². The predicted molar refractivity (Wildman–Crippen MR) is 79.6 cm³/mol. The van der Waals surface area contributed by atoms with Crippen molar-refractivity contribution < 1.29 is 22.8 Å². The van der Waals surface area contributed by atoms with Crippen LogP contribution in [-0.2, 0) is 22.8 Å². The molecule has 0 aromatic carbocycles. The zero-order chi connectivity index (χ0) is 14.7. The predicted octanol–water partition coefficient (Wildman–Crippen LogP) is 2.33. The molecule has 118 valence electrons. The third-order valence-corrected chi connectivity index (χ3v) is 5.44. The van der Waals surface area contributed by atoms with E-state index in [9.17, 15) is 0 Å². The maximum Gasteiger partial charge on any atom is 0.529 e. The molecule has 0 amide bonds. The highest BCUT2D eigenvalue weighted by atomic mass is 28.4. The quantitative estimate of drug-likeness (QED) is 0.297. The van der Waals surface area contributed by atoms with Gasteiger partial charge in [0.05, 0.1) is 13.2 Å². The van der Waals surface area contributed by atoms with Gasteiger partial charge in [-0.25, -0.2) is 0 Å². The molecule has 1 rings (SSSR count). The Morgan fingerprint density at radius 3 is 2.20 bits per heavy atom. The van der Waals surface area contributed by atoms with E-state index in [2.05, 4.69) is 6.08 Å². The number of hydrogen-bond acceptors (Lipinski definition) is 5. The second kappa shape index (κ2) is 10.5. The highest BCUT2D eigenvalue weighted by Crippen LogP contribution is 2.13. The molecule has 0 aromatic heterocycles. The van der Waals surface area contributed by atoms with Crippen molar-refractivity contribution in [3.8, 4) is 0 Å². The molecular formula is C14H28O5Si. The van der Waals surface area contributed by atoms with E-state index < -0.39 is 8.80 Å². The lowest BCUT2D eigenvalue weighted by atomic mass is 10.3. The van der Waals surface area contributed by atoms with Crippen LogP contribution < -0.4 is 0 Å². The summed E-state index contributed by atoms with van der Waals surface area (Å²) in [7, 11) is -2.61. The molecule has 1 aliphatic rings. The summed E-state index contributed by atoms with van der Waals surface area (Å²) in [5.41, 5.74) is 1.99. The molecule has 1 aliphatic heterocycles. The molecule has 0 spiro atoms. The minimum Gasteiger partial charge on any atom is -0.379 e. The van der Waals surface area contributed by atoms with E-state index in [0.717, 1.165) is 32.7 Å². The summed E-state index contributed by atoms with van der Waals surface area (Å²) >= 11 is 0. The molecule has 0 aliphatic carbocycles. The van der Waals surface area contributed by atoms with E-state index in [1.54, 1.807) is 0 Å². The third-order valence-electron chi connectivity index (χ3n) is 2.72. The Balaban J connectivity index is 2.23. The normalized spacial score (nSPS) is 18.9. The molecule has 5 nitrogen and oxygen atoms in total. The summed E-state index contributed by atoms with van der Waals surface area (Å²) in [5.74, 6) is 0. The van der Waals surface area contributed by atoms with Crippen molar-refractivity contribution in [1.82, 2.24) is 0 Å². The van der Waals surface area contributed by atoms with Gasteiger partial charge >= 0.3 is 8.80 Å². The SMILES string of the molecule is CCO[Si](/C=C/CCCOCC1CO1)(OCC)OCC. The zero-order valence-corrected chi connectivity index (χ0v) is 13.9. The van der Waals surface area contributed by atoms with Crippen LogP contribution in [0.15, 0.2) is 11.8 Å². The molecule has 1 heterocycles. The standard InChI is InChI=1S/C14H28O5Si/c1-4-17-20(18-5-2,19-6-3)11-9-7-8-10-15-12-14-13-16-14/h9,11,14H,4-8,10,12-13H2,1-3H3/b11-9+. The highest BCUT2D eigenvalue weighted by molar-refractivity contribution is 6.66. The average Bonchev–Trinajstić information content (AvgIpc) is 3.23. The lowest BCUT2D eigenvalue weighted by Gasteiger charge is -2.25. The maximum absolute atomic E-state index is 5.74. The van der Waals surface area contributed by atoms with Gasteiger partial charge in [0.15, 0.2) is 0 Å². The van der Waals surface area contributed by atoms with Gasteiger partial charge in [-0.05, 0) is 39.3 Å². The molecule has 0 saturated carbocycles. The van der Waals surface area contributed by atoms with Gasteiger partial charge in [-0.2, -0.15) is 0 Å². The van der Waals surface area contributed by atoms with Gasteiger partial charge in [0.2, 0.25) is 0 Å². The van der Waals surface area contributed by atoms with Crippen LogP contribution >= 0.6 is 0 Å². The van der Waals surface area contributed by atoms with E-state index in [4.69, 9.17) is 22.8 Å². The van der Waals surface area contributed by atoms with Gasteiger partial charge in [-0.1, -0.05) is 6.08 Å². The van der Waals surface area contributed by atoms with E-state index in [1.807, 2.05) is 26.5 Å². The Hall–Kier alpha value is -0.243. The molecule has 1 atom stereocenters. The molecule has 20 heavy (non-hydrogen) atoms. The van der Waals surface area contributed by atoms with Crippen molar-refractivity contribution in [2.45, 2.75) is 39.7 Å². The van der Waals surface area contributed by atoms with Crippen molar-refractivity contribution in [1.29, 1.82) is 0 Å². The zero-order valence-electron chi connectivity index (χ0n) is 12.9. The largest absolute Gasteiger partial charge is 0.529 e. The molecule has 0 N–H and O–H groups in total. The number of epoxide rings is 1. The molecular weight excluding hydrogens is 276 g/mol. The molecule has 1 fully saturated rings. The van der Waals surface area contributed by atoms with Crippen LogP contribution in [0.2, 0.25) is 0 Å². The monoisotopic (exact) mass is 304 g/mol. The molecule has 0 aromatic rings. The van der Waals surface area contributed by atoms with Crippen LogP contribution in [0.1, 0.15) is 33.6 Å². The Kier molecular flexibility index (Phi) is 9.33. The summed E-state index contributed by atoms with van der Waals surface area (Å²) in [6, 6.07) is 0. The Morgan fingerprint density at radius 2 is 1.70 bits per heavy atom. The lowest BCUT2D eigenvalue weighted by Crippen LogP contribution is -2.44. The number of rotatable bonds is 13. The average molecular weight is 304 g/mol. The summed E-state index contributed by atoms with van der Waals surface area (Å²) in [6.45, 7) is 10.0. The van der Waals surface area contributed by atoms with Gasteiger partial charge in [0.1, 0.15) is 6.10 Å². The second-order valence-electron chi connectivity index (χ2n) is 4.48. The van der Waals surface area contributed by atoms with Crippen molar-refractivity contribution >= 4 is 8.80 Å². The first kappa shape index (κ1) is 17.8. The van der Waals surface area contributed by atoms with Crippen LogP contribution in [-0.4, -0.2) is 54.5 Å². The molecule has 1 unspecified atom stereocenters. The molecule has 0 radical (unpaired) electrons. The van der Waals surface area contributed by atoms with Crippen LogP contribution in [0.25, 0.3) is 0 Å². The molecule has 1 saturated heterocycles. The second-order valence-corrected chi connectivity index (χ2v) is 6.88. The van der Waals surface area contributed by atoms with Gasteiger partial charge < -0.3 is 22.8 Å². The van der Waals surface area contributed by atoms with Gasteiger partial charge in [-0.3, -0.25) is 0 Å². The van der Waals surface area contributed by atoms with Crippen LogP contribution in [0, 0.1) is 0 Å². The minimum absolute atomic E-state index is 0.347. The lowest BCUT2D eigenvalue weighted by molar-refractivity contribution is 0.0841. The first-order valence-corrected chi connectivity index (χ1v) is 9.35. The Labute approximate surface area is 123 Å². The number of allylic oxidation sites excluding steroid dienone is 1. The maximum atomic E-state index is 5.74. The van der Waals surface area contributed by atoms with E-state index in [1.165, 1.54) is 0 Å². The van der Waals surface area contributed by atoms with Gasteiger partial charge in [0.25, 0.3) is 0 Å². The Morgan fingerprint density at radius 1 is 1.10 bits per heavy atom. The minimum atomic E-state index is -2.61. The molecule has 6 heteroatoms. The topological polar surface area (TPSA) is 49.5 Å². The smallest absolute Gasteiger partial charge is 0.379 e. The van der Waals surface area contributed by atoms with E-state index in [-0.39, 0.29) is 0 Å². The third kappa shape index (κ3) is 7.52. The summed E-state index contributed by atoms with van der Waals surface area (Å²) < 4.78 is 27.8. The highest BCUT2D eigenvalue weighted by Gasteiger charge is 2.37. The van der Waals surface area contributed by atoms with Crippen LogP contribution in [0.4, 0.5) is 0 Å². The number of hydrogen-bond donors (Lipinski definition) is 0. The van der Waals surface area contributed by atoms with Crippen LogP contribution in [0.5, 0.6) is 0 Å². The van der Waals surface area contributed by atoms with Crippen molar-refractivity contribution in [2.75, 3.05) is 39.6 Å². The first-order valence-electron chi connectivity index (χ1n) is 7.55. The van der Waals surface area contributed by atoms with E-state index >= 15 is 0 Å². The van der Waals surface area contributed by atoms with Gasteiger partial charge in [0, 0.05) is 26.4 Å². The van der Waals surface area contributed by atoms with Crippen molar-refractivity contribution in [2.24, 2.45) is 0 Å². The fourth-order valence-electron chi connectivity index (χ4n) is 1.78. The van der Waals surface area contributed by atoms with Crippen molar-refractivity contribution in [3.05, 3.63) is 11.8 Å². The van der Waals surface area contributed by atoms with E-state index in [0.29, 0.717) is 25.9 Å². The Bertz CT molecular complexity index is 251. The molecule has 0 bridgehead atoms. The van der Waals surface area contributed by atoms with Crippen molar-refractivity contribution in [3.63, 3.8) is 0 Å². The summed E-state index contributed by atoms with van der Waals surface area (Å²) in [4.78, 5) is 0.